The van der Waals surface area contributed by atoms with Gasteiger partial charge < -0.3 is 10.4 Å². The molecule has 3 rings (SSSR count). The predicted molar refractivity (Wildman–Crippen MR) is 95.9 cm³/mol. The first kappa shape index (κ1) is 16.9. The van der Waals surface area contributed by atoms with E-state index in [0.717, 1.165) is 36.6 Å². The Morgan fingerprint density at radius 2 is 2.21 bits per heavy atom. The van der Waals surface area contributed by atoms with E-state index in [1.54, 1.807) is 0 Å². The van der Waals surface area contributed by atoms with Crippen molar-refractivity contribution < 1.29 is 5.11 Å². The molecular formula is C18H22N4OS. The molecule has 1 fully saturated rings. The number of aryl methyl sites for hydroxylation is 1. The summed E-state index contributed by atoms with van der Waals surface area (Å²) in [5.74, 6) is 0. The highest BCUT2D eigenvalue weighted by atomic mass is 32.1. The summed E-state index contributed by atoms with van der Waals surface area (Å²) in [5.41, 5.74) is 3.90. The maximum Gasteiger partial charge on any atom is 0.127 e. The fraction of sp³-hybridized carbons (Fsp3) is 0.444. The molecule has 24 heavy (non-hydrogen) atoms. The highest BCUT2D eigenvalue weighted by Crippen LogP contribution is 2.25. The zero-order valence-electron chi connectivity index (χ0n) is 13.8. The first-order valence-corrected chi connectivity index (χ1v) is 9.02. The van der Waals surface area contributed by atoms with Crippen molar-refractivity contribution in [2.24, 2.45) is 0 Å². The molecule has 1 atom stereocenters. The second-order valence-electron chi connectivity index (χ2n) is 6.16. The van der Waals surface area contributed by atoms with Gasteiger partial charge in [0.05, 0.1) is 12.3 Å². The average molecular weight is 342 g/mol. The molecule has 1 saturated heterocycles. The van der Waals surface area contributed by atoms with Gasteiger partial charge in [-0.2, -0.15) is 9.64 Å². The van der Waals surface area contributed by atoms with Crippen LogP contribution in [0.3, 0.4) is 0 Å². The number of aliphatic hydroxyl groups excluding tert-OH is 1. The molecule has 2 heterocycles. The zero-order chi connectivity index (χ0) is 16.9. The summed E-state index contributed by atoms with van der Waals surface area (Å²) in [5, 5.41) is 22.9. The van der Waals surface area contributed by atoms with Gasteiger partial charge in [-0.1, -0.05) is 24.3 Å². The summed E-state index contributed by atoms with van der Waals surface area (Å²) >= 11 is 1.34. The number of nitriles is 1. The van der Waals surface area contributed by atoms with E-state index in [2.05, 4.69) is 38.9 Å². The molecule has 0 bridgehead atoms. The fourth-order valence-electron chi connectivity index (χ4n) is 3.21. The summed E-state index contributed by atoms with van der Waals surface area (Å²) in [4.78, 5) is 2.36. The minimum Gasteiger partial charge on any atom is -0.395 e. The Bertz CT molecular complexity index is 737. The van der Waals surface area contributed by atoms with E-state index in [1.165, 1.54) is 22.7 Å². The van der Waals surface area contributed by atoms with Crippen LogP contribution in [0.1, 0.15) is 35.2 Å². The molecule has 1 aliphatic heterocycles. The van der Waals surface area contributed by atoms with Crippen molar-refractivity contribution in [3.8, 4) is 6.07 Å². The number of nitrogens with zero attached hydrogens (tertiary/aromatic N) is 3. The van der Waals surface area contributed by atoms with Crippen LogP contribution in [0.5, 0.6) is 0 Å². The van der Waals surface area contributed by atoms with E-state index in [0.29, 0.717) is 12.1 Å². The van der Waals surface area contributed by atoms with Crippen molar-refractivity contribution in [1.29, 1.82) is 5.26 Å². The van der Waals surface area contributed by atoms with Gasteiger partial charge in [-0.25, -0.2) is 0 Å². The van der Waals surface area contributed by atoms with Gasteiger partial charge in [-0.05, 0) is 49.0 Å². The summed E-state index contributed by atoms with van der Waals surface area (Å²) in [6.07, 6.45) is 2.22. The van der Waals surface area contributed by atoms with Crippen LogP contribution in [-0.2, 0) is 13.1 Å². The smallest absolute Gasteiger partial charge is 0.127 e. The van der Waals surface area contributed by atoms with Crippen LogP contribution >= 0.6 is 11.5 Å². The highest BCUT2D eigenvalue weighted by Gasteiger charge is 2.24. The molecule has 0 aliphatic carbocycles. The number of anilines is 1. The number of benzene rings is 1. The lowest BCUT2D eigenvalue weighted by Gasteiger charge is -2.24. The topological polar surface area (TPSA) is 72.2 Å². The van der Waals surface area contributed by atoms with Crippen molar-refractivity contribution in [3.05, 3.63) is 46.6 Å². The molecule has 126 valence electrons. The Labute approximate surface area is 146 Å². The van der Waals surface area contributed by atoms with E-state index in [4.69, 9.17) is 0 Å². The number of rotatable bonds is 6. The van der Waals surface area contributed by atoms with E-state index >= 15 is 0 Å². The van der Waals surface area contributed by atoms with Crippen molar-refractivity contribution in [3.63, 3.8) is 0 Å². The number of nitrogens with one attached hydrogen (secondary N) is 1. The summed E-state index contributed by atoms with van der Waals surface area (Å²) < 4.78 is 4.25. The largest absolute Gasteiger partial charge is 0.395 e. The number of hydrogen-bond acceptors (Lipinski definition) is 6. The van der Waals surface area contributed by atoms with Crippen LogP contribution in [0.25, 0.3) is 0 Å². The quantitative estimate of drug-likeness (QED) is 0.844. The van der Waals surface area contributed by atoms with Gasteiger partial charge in [0.2, 0.25) is 0 Å². The van der Waals surface area contributed by atoms with E-state index < -0.39 is 0 Å². The standard InChI is InChI=1S/C18H22N4OS/c1-13-17(9-19)18(24-21-13)20-10-14-5-2-3-6-15(14)11-22-8-4-7-16(22)12-23/h2-3,5-6,16,20,23H,4,7-8,10-12H2,1H3. The first-order chi connectivity index (χ1) is 11.7. The fourth-order valence-corrected chi connectivity index (χ4v) is 3.95. The van der Waals surface area contributed by atoms with Gasteiger partial charge in [0, 0.05) is 19.1 Å². The monoisotopic (exact) mass is 342 g/mol. The van der Waals surface area contributed by atoms with Crippen LogP contribution < -0.4 is 5.32 Å². The van der Waals surface area contributed by atoms with E-state index in [9.17, 15) is 10.4 Å². The molecule has 0 radical (unpaired) electrons. The first-order valence-electron chi connectivity index (χ1n) is 8.25. The van der Waals surface area contributed by atoms with E-state index in [1.807, 2.05) is 13.0 Å². The lowest BCUT2D eigenvalue weighted by molar-refractivity contribution is 0.153. The second kappa shape index (κ2) is 7.75. The van der Waals surface area contributed by atoms with Gasteiger partial charge >= 0.3 is 0 Å². The molecule has 0 saturated carbocycles. The minimum absolute atomic E-state index is 0.228. The van der Waals surface area contributed by atoms with E-state index in [-0.39, 0.29) is 12.6 Å². The Morgan fingerprint density at radius 3 is 2.96 bits per heavy atom. The number of aromatic nitrogens is 1. The predicted octanol–water partition coefficient (Wildman–Crippen LogP) is 2.89. The van der Waals surface area contributed by atoms with Crippen molar-refractivity contribution in [2.75, 3.05) is 18.5 Å². The van der Waals surface area contributed by atoms with Crippen molar-refractivity contribution >= 4 is 16.5 Å². The Balaban J connectivity index is 1.71. The van der Waals surface area contributed by atoms with Crippen LogP contribution in [0, 0.1) is 18.3 Å². The van der Waals surface area contributed by atoms with Crippen molar-refractivity contribution in [1.82, 2.24) is 9.27 Å². The van der Waals surface area contributed by atoms with Gasteiger partial charge in [-0.15, -0.1) is 0 Å². The van der Waals surface area contributed by atoms with Crippen LogP contribution in [0.2, 0.25) is 0 Å². The summed E-state index contributed by atoms with van der Waals surface area (Å²) in [7, 11) is 0. The molecule has 1 aliphatic rings. The molecule has 2 N–H and O–H groups in total. The number of likely N-dealkylation sites (tertiary alicyclic amines) is 1. The van der Waals surface area contributed by atoms with Crippen molar-refractivity contribution in [2.45, 2.75) is 38.9 Å². The Morgan fingerprint density at radius 1 is 1.42 bits per heavy atom. The number of aliphatic hydroxyl groups is 1. The Kier molecular flexibility index (Phi) is 5.46. The maximum absolute atomic E-state index is 9.51. The molecule has 2 aromatic rings. The molecule has 1 unspecified atom stereocenters. The lowest BCUT2D eigenvalue weighted by atomic mass is 10.1. The molecule has 0 amide bonds. The number of hydrogen-bond donors (Lipinski definition) is 2. The lowest BCUT2D eigenvalue weighted by Crippen LogP contribution is -2.32. The zero-order valence-corrected chi connectivity index (χ0v) is 14.6. The minimum atomic E-state index is 0.228. The van der Waals surface area contributed by atoms with Gasteiger partial charge in [0.15, 0.2) is 0 Å². The molecule has 1 aromatic heterocycles. The molecular weight excluding hydrogens is 320 g/mol. The third-order valence-corrected chi connectivity index (χ3v) is 5.51. The molecule has 6 heteroatoms. The van der Waals surface area contributed by atoms with Gasteiger partial charge in [-0.3, -0.25) is 4.90 Å². The van der Waals surface area contributed by atoms with Gasteiger partial charge in [0.1, 0.15) is 16.6 Å². The molecule has 0 spiro atoms. The van der Waals surface area contributed by atoms with Crippen LogP contribution in [-0.4, -0.2) is 33.6 Å². The second-order valence-corrected chi connectivity index (χ2v) is 6.93. The molecule has 5 nitrogen and oxygen atoms in total. The highest BCUT2D eigenvalue weighted by molar-refractivity contribution is 7.10. The third-order valence-electron chi connectivity index (χ3n) is 4.62. The average Bonchev–Trinajstić information content (AvgIpc) is 3.19. The molecule has 1 aromatic carbocycles. The normalized spacial score (nSPS) is 17.8. The summed E-state index contributed by atoms with van der Waals surface area (Å²) in [6.45, 7) is 4.66. The maximum atomic E-state index is 9.51. The van der Waals surface area contributed by atoms with Crippen LogP contribution in [0.4, 0.5) is 5.00 Å². The third kappa shape index (κ3) is 3.59. The Hall–Kier alpha value is -1.94. The van der Waals surface area contributed by atoms with Gasteiger partial charge in [0.25, 0.3) is 0 Å². The summed E-state index contributed by atoms with van der Waals surface area (Å²) in [6, 6.07) is 10.9. The SMILES string of the molecule is Cc1nsc(NCc2ccccc2CN2CCCC2CO)c1C#N. The van der Waals surface area contributed by atoms with Crippen LogP contribution in [0.15, 0.2) is 24.3 Å².